The first-order chi connectivity index (χ1) is 6.95. The zero-order valence-electron chi connectivity index (χ0n) is 9.31. The maximum atomic E-state index is 10.3. The monoisotopic (exact) mass is 237 g/mol. The summed E-state index contributed by atoms with van der Waals surface area (Å²) in [5.41, 5.74) is 0. The highest BCUT2D eigenvalue weighted by molar-refractivity contribution is 7.85. The van der Waals surface area contributed by atoms with Gasteiger partial charge in [0.05, 0.1) is 22.0 Å². The largest absolute Gasteiger partial charge is 0.748 e. The Hall–Kier alpha value is -0.130. The summed E-state index contributed by atoms with van der Waals surface area (Å²) in [6.07, 6.45) is 5.93. The zero-order valence-corrected chi connectivity index (χ0v) is 10.1. The Morgan fingerprint density at radius 1 is 1.13 bits per heavy atom. The van der Waals surface area contributed by atoms with Crippen molar-refractivity contribution in [2.45, 2.75) is 58.0 Å². The summed E-state index contributed by atoms with van der Waals surface area (Å²) in [6, 6.07) is 0. The van der Waals surface area contributed by atoms with Crippen molar-refractivity contribution in [1.82, 2.24) is 0 Å². The number of rotatable bonds is 9. The maximum Gasteiger partial charge on any atom is 0.0971 e. The van der Waals surface area contributed by atoms with Gasteiger partial charge in [-0.05, 0) is 6.42 Å². The van der Waals surface area contributed by atoms with Crippen molar-refractivity contribution >= 4 is 10.1 Å². The summed E-state index contributed by atoms with van der Waals surface area (Å²) in [6.45, 7) is 2.14. The lowest BCUT2D eigenvalue weighted by Gasteiger charge is -2.12. The molecule has 0 aliphatic rings. The summed E-state index contributed by atoms with van der Waals surface area (Å²) >= 11 is 0. The van der Waals surface area contributed by atoms with Crippen LogP contribution in [0.1, 0.15) is 51.9 Å². The van der Waals surface area contributed by atoms with Crippen LogP contribution >= 0.6 is 0 Å². The molecule has 0 fully saturated rings. The first-order valence-corrected chi connectivity index (χ1v) is 7.15. The Morgan fingerprint density at radius 3 is 2.20 bits per heavy atom. The molecule has 15 heavy (non-hydrogen) atoms. The van der Waals surface area contributed by atoms with E-state index in [1.54, 1.807) is 0 Å². The lowest BCUT2D eigenvalue weighted by atomic mass is 10.1. The van der Waals surface area contributed by atoms with Crippen LogP contribution in [0.4, 0.5) is 0 Å². The third kappa shape index (κ3) is 11.8. The Kier molecular flexibility index (Phi) is 8.00. The average molecular weight is 237 g/mol. The molecule has 0 aliphatic carbocycles. The normalized spacial score (nSPS) is 14.1. The van der Waals surface area contributed by atoms with Gasteiger partial charge in [0.2, 0.25) is 0 Å². The van der Waals surface area contributed by atoms with Gasteiger partial charge >= 0.3 is 0 Å². The molecule has 0 amide bonds. The van der Waals surface area contributed by atoms with Crippen LogP contribution in [0.3, 0.4) is 0 Å². The second kappa shape index (κ2) is 8.07. The van der Waals surface area contributed by atoms with Gasteiger partial charge in [0.25, 0.3) is 0 Å². The van der Waals surface area contributed by atoms with Crippen LogP contribution in [-0.2, 0) is 10.1 Å². The van der Waals surface area contributed by atoms with E-state index < -0.39 is 22.0 Å². The van der Waals surface area contributed by atoms with E-state index >= 15 is 0 Å². The van der Waals surface area contributed by atoms with Crippen molar-refractivity contribution in [2.24, 2.45) is 0 Å². The molecule has 92 valence electrons. The molecule has 0 bridgehead atoms. The lowest BCUT2D eigenvalue weighted by Crippen LogP contribution is -2.20. The molecule has 1 atom stereocenters. The van der Waals surface area contributed by atoms with Crippen LogP contribution in [0.5, 0.6) is 0 Å². The molecule has 4 nitrogen and oxygen atoms in total. The van der Waals surface area contributed by atoms with Crippen LogP contribution in [0, 0.1) is 0 Å². The molecule has 0 saturated heterocycles. The third-order valence-electron chi connectivity index (χ3n) is 2.29. The van der Waals surface area contributed by atoms with E-state index in [9.17, 15) is 18.1 Å². The smallest absolute Gasteiger partial charge is 0.0971 e. The van der Waals surface area contributed by atoms with E-state index in [0.717, 1.165) is 19.3 Å². The fourth-order valence-electron chi connectivity index (χ4n) is 1.48. The number of unbranched alkanes of at least 4 members (excludes halogenated alkanes) is 5. The lowest BCUT2D eigenvalue weighted by molar-refractivity contribution is 0.180. The van der Waals surface area contributed by atoms with E-state index in [1.165, 1.54) is 19.3 Å². The van der Waals surface area contributed by atoms with E-state index in [2.05, 4.69) is 6.92 Å². The van der Waals surface area contributed by atoms with Crippen molar-refractivity contribution in [3.63, 3.8) is 0 Å². The molecule has 0 aromatic rings. The quantitative estimate of drug-likeness (QED) is 0.488. The Balaban J connectivity index is 3.36. The van der Waals surface area contributed by atoms with Crippen molar-refractivity contribution in [3.8, 4) is 0 Å². The topological polar surface area (TPSA) is 77.4 Å². The fourth-order valence-corrected chi connectivity index (χ4v) is 2.12. The molecule has 1 N–H and O–H groups in total. The van der Waals surface area contributed by atoms with Gasteiger partial charge in [-0.15, -0.1) is 0 Å². The Labute approximate surface area is 92.4 Å². The van der Waals surface area contributed by atoms with Gasteiger partial charge in [0, 0.05) is 0 Å². The molecule has 0 heterocycles. The van der Waals surface area contributed by atoms with Gasteiger partial charge in [0.15, 0.2) is 0 Å². The molecule has 0 rings (SSSR count). The van der Waals surface area contributed by atoms with Crippen LogP contribution < -0.4 is 0 Å². The van der Waals surface area contributed by atoms with E-state index in [1.807, 2.05) is 0 Å². The van der Waals surface area contributed by atoms with E-state index in [4.69, 9.17) is 0 Å². The maximum absolute atomic E-state index is 10.3. The van der Waals surface area contributed by atoms with Gasteiger partial charge in [-0.3, -0.25) is 0 Å². The second-order valence-electron chi connectivity index (χ2n) is 3.93. The van der Waals surface area contributed by atoms with Crippen molar-refractivity contribution in [1.29, 1.82) is 0 Å². The van der Waals surface area contributed by atoms with Crippen LogP contribution in [0.15, 0.2) is 0 Å². The zero-order chi connectivity index (χ0) is 11.7. The first-order valence-electron chi connectivity index (χ1n) is 5.57. The van der Waals surface area contributed by atoms with Crippen molar-refractivity contribution in [3.05, 3.63) is 0 Å². The molecule has 0 saturated carbocycles. The summed E-state index contributed by atoms with van der Waals surface area (Å²) in [5, 5.41) is 9.21. The standard InChI is InChI=1S/C10H22O4S/c1-2-3-4-5-6-7-8-10(11)9-15(12,13)14/h10-11H,2-9H2,1H3,(H,12,13,14)/p-1. The number of aliphatic hydroxyl groups is 1. The molecular formula is C10H21O4S-. The molecule has 0 radical (unpaired) electrons. The predicted molar refractivity (Wildman–Crippen MR) is 58.6 cm³/mol. The average Bonchev–Trinajstić information content (AvgIpc) is 2.08. The minimum Gasteiger partial charge on any atom is -0.748 e. The minimum atomic E-state index is -4.27. The van der Waals surface area contributed by atoms with Crippen LogP contribution in [-0.4, -0.2) is 29.9 Å². The fraction of sp³-hybridized carbons (Fsp3) is 1.00. The molecule has 0 aliphatic heterocycles. The molecule has 0 aromatic heterocycles. The molecule has 0 aromatic carbocycles. The molecular weight excluding hydrogens is 216 g/mol. The van der Waals surface area contributed by atoms with E-state index in [-0.39, 0.29) is 0 Å². The summed E-state index contributed by atoms with van der Waals surface area (Å²) in [7, 11) is -4.27. The first kappa shape index (κ1) is 14.9. The highest BCUT2D eigenvalue weighted by Gasteiger charge is 2.07. The second-order valence-corrected chi connectivity index (χ2v) is 5.38. The number of hydrogen-bond donors (Lipinski definition) is 1. The minimum absolute atomic E-state index is 0.410. The molecule has 5 heteroatoms. The van der Waals surface area contributed by atoms with Crippen molar-refractivity contribution in [2.75, 3.05) is 5.75 Å². The van der Waals surface area contributed by atoms with Gasteiger partial charge < -0.3 is 9.66 Å². The Bertz CT molecular complexity index is 236. The van der Waals surface area contributed by atoms with E-state index in [0.29, 0.717) is 6.42 Å². The van der Waals surface area contributed by atoms with Gasteiger partial charge in [0.1, 0.15) is 0 Å². The predicted octanol–water partition coefficient (Wildman–Crippen LogP) is 1.64. The highest BCUT2D eigenvalue weighted by Crippen LogP contribution is 2.09. The number of hydrogen-bond acceptors (Lipinski definition) is 4. The SMILES string of the molecule is CCCCCCCCC(O)CS(=O)(=O)[O-]. The highest BCUT2D eigenvalue weighted by atomic mass is 32.2. The van der Waals surface area contributed by atoms with Crippen LogP contribution in [0.25, 0.3) is 0 Å². The summed E-state index contributed by atoms with van der Waals surface area (Å²) < 4.78 is 30.9. The van der Waals surface area contributed by atoms with Gasteiger partial charge in [-0.25, -0.2) is 8.42 Å². The summed E-state index contributed by atoms with van der Waals surface area (Å²) in [4.78, 5) is 0. The van der Waals surface area contributed by atoms with Crippen LogP contribution in [0.2, 0.25) is 0 Å². The number of aliphatic hydroxyl groups excluding tert-OH is 1. The molecule has 0 spiro atoms. The van der Waals surface area contributed by atoms with Gasteiger partial charge in [-0.1, -0.05) is 45.4 Å². The van der Waals surface area contributed by atoms with Gasteiger partial charge in [-0.2, -0.15) is 0 Å². The Morgan fingerprint density at radius 2 is 1.67 bits per heavy atom. The summed E-state index contributed by atoms with van der Waals surface area (Å²) in [5.74, 6) is -0.651. The van der Waals surface area contributed by atoms with Crippen molar-refractivity contribution < 1.29 is 18.1 Å². The third-order valence-corrected chi connectivity index (χ3v) is 3.08. The molecule has 1 unspecified atom stereocenters.